The van der Waals surface area contributed by atoms with Gasteiger partial charge in [-0.25, -0.2) is 9.29 Å². The molecule has 0 radical (unpaired) electrons. The van der Waals surface area contributed by atoms with Gasteiger partial charge in [-0.15, -0.1) is 0 Å². The Morgan fingerprint density at radius 3 is 2.50 bits per heavy atom. The number of anilines is 1. The molecule has 4 heterocycles. The first-order valence-corrected chi connectivity index (χ1v) is 14.5. The summed E-state index contributed by atoms with van der Waals surface area (Å²) in [6.07, 6.45) is 0. The molecule has 2 fully saturated rings. The first kappa shape index (κ1) is 25.5. The van der Waals surface area contributed by atoms with Crippen LogP contribution in [0.25, 0.3) is 0 Å². The number of rotatable bonds is 4. The third kappa shape index (κ3) is 4.33. The molecule has 196 valence electrons. The van der Waals surface area contributed by atoms with Crippen molar-refractivity contribution in [1.29, 1.82) is 0 Å². The van der Waals surface area contributed by atoms with Crippen LogP contribution in [0.1, 0.15) is 16.4 Å². The zero-order valence-corrected chi connectivity index (χ0v) is 23.1. The summed E-state index contributed by atoms with van der Waals surface area (Å²) in [4.78, 5) is 56.9. The van der Waals surface area contributed by atoms with E-state index in [4.69, 9.17) is 4.74 Å². The smallest absolute Gasteiger partial charge is 0.308 e. The highest BCUT2D eigenvalue weighted by Crippen LogP contribution is 2.54. The molecule has 6 rings (SSSR count). The van der Waals surface area contributed by atoms with Crippen LogP contribution in [0.2, 0.25) is 0 Å². The van der Waals surface area contributed by atoms with Gasteiger partial charge in [-0.2, -0.15) is 0 Å². The molecule has 2 aromatic carbocycles. The van der Waals surface area contributed by atoms with Gasteiger partial charge in [0.2, 0.25) is 17.7 Å². The zero-order chi connectivity index (χ0) is 26.6. The number of benzene rings is 2. The number of aromatic nitrogens is 1. The normalized spacial score (nSPS) is 22.9. The molecule has 8 nitrogen and oxygen atoms in total. The van der Waals surface area contributed by atoms with Crippen LogP contribution >= 0.6 is 39.0 Å². The van der Waals surface area contributed by atoms with Crippen LogP contribution in [0.5, 0.6) is 0 Å². The molecular weight excluding hydrogens is 597 g/mol. The Hall–Kier alpha value is -2.80. The van der Waals surface area contributed by atoms with E-state index < -0.39 is 34.7 Å². The molecule has 0 saturated carbocycles. The predicted molar refractivity (Wildman–Crippen MR) is 144 cm³/mol. The van der Waals surface area contributed by atoms with Gasteiger partial charge in [-0.05, 0) is 42.0 Å². The van der Waals surface area contributed by atoms with E-state index in [0.29, 0.717) is 41.9 Å². The molecule has 2 saturated heterocycles. The summed E-state index contributed by atoms with van der Waals surface area (Å²) < 4.78 is 21.1. The highest BCUT2D eigenvalue weighted by atomic mass is 79.9. The Bertz CT molecular complexity index is 1500. The molecule has 0 N–H and O–H groups in total. The lowest BCUT2D eigenvalue weighted by Crippen LogP contribution is -2.43. The van der Waals surface area contributed by atoms with Crippen LogP contribution in [0, 0.1) is 11.7 Å². The summed E-state index contributed by atoms with van der Waals surface area (Å²) in [5, 5.41) is -0.266. The fourth-order valence-electron chi connectivity index (χ4n) is 5.21. The van der Waals surface area contributed by atoms with E-state index in [9.17, 15) is 23.6 Å². The Morgan fingerprint density at radius 1 is 1.05 bits per heavy atom. The molecule has 12 heteroatoms. The van der Waals surface area contributed by atoms with E-state index in [1.807, 2.05) is 24.3 Å². The number of carbonyl (C=O) groups is 3. The van der Waals surface area contributed by atoms with Crippen molar-refractivity contribution in [3.05, 3.63) is 78.9 Å². The number of morpholine rings is 1. The molecule has 3 aliphatic heterocycles. The van der Waals surface area contributed by atoms with Crippen molar-refractivity contribution < 1.29 is 23.5 Å². The van der Waals surface area contributed by atoms with Crippen molar-refractivity contribution in [2.24, 2.45) is 5.92 Å². The number of fused-ring (bicyclic) bond motifs is 2. The number of amides is 3. The number of hydrogen-bond acceptors (Lipinski definition) is 7. The molecule has 3 aliphatic rings. The van der Waals surface area contributed by atoms with Gasteiger partial charge in [0.1, 0.15) is 17.6 Å². The quantitative estimate of drug-likeness (QED) is 0.417. The maximum atomic E-state index is 13.8. The second-order valence-corrected chi connectivity index (χ2v) is 12.2. The summed E-state index contributed by atoms with van der Waals surface area (Å²) in [6.45, 7) is 1.66. The molecule has 0 bridgehead atoms. The fraction of sp³-hybridized carbons (Fsp3) is 0.308. The topological polar surface area (TPSA) is 88.9 Å². The molecule has 3 atom stereocenters. The van der Waals surface area contributed by atoms with Crippen molar-refractivity contribution >= 4 is 62.4 Å². The second kappa shape index (κ2) is 10.1. The maximum Gasteiger partial charge on any atom is 0.308 e. The zero-order valence-electron chi connectivity index (χ0n) is 19.8. The molecular formula is C26H21BrFN3O5S2. The van der Waals surface area contributed by atoms with Gasteiger partial charge in [0.05, 0.1) is 29.8 Å². The van der Waals surface area contributed by atoms with Crippen LogP contribution < -0.4 is 9.77 Å². The van der Waals surface area contributed by atoms with E-state index in [0.717, 1.165) is 38.0 Å². The summed E-state index contributed by atoms with van der Waals surface area (Å²) in [5.74, 6) is -2.81. The average Bonchev–Trinajstić information content (AvgIpc) is 3.36. The van der Waals surface area contributed by atoms with E-state index in [2.05, 4.69) is 15.9 Å². The van der Waals surface area contributed by atoms with Gasteiger partial charge in [0.25, 0.3) is 0 Å². The molecule has 3 amide bonds. The van der Waals surface area contributed by atoms with E-state index >= 15 is 0 Å². The van der Waals surface area contributed by atoms with Crippen LogP contribution in [-0.4, -0.2) is 58.7 Å². The summed E-state index contributed by atoms with van der Waals surface area (Å²) >= 11 is 5.66. The molecule has 1 aromatic heterocycles. The third-order valence-corrected chi connectivity index (χ3v) is 10.1. The summed E-state index contributed by atoms with van der Waals surface area (Å²) in [5.41, 5.74) is 1.08. The number of carbonyl (C=O) groups excluding carboxylic acids is 3. The number of halogens is 2. The van der Waals surface area contributed by atoms with E-state index in [-0.39, 0.29) is 17.3 Å². The molecule has 0 spiro atoms. The minimum absolute atomic E-state index is 0.149. The lowest BCUT2D eigenvalue weighted by Gasteiger charge is -2.31. The van der Waals surface area contributed by atoms with Crippen LogP contribution in [0.3, 0.4) is 0 Å². The second-order valence-electron chi connectivity index (χ2n) is 9.20. The van der Waals surface area contributed by atoms with Gasteiger partial charge in [-0.3, -0.25) is 23.7 Å². The van der Waals surface area contributed by atoms with Gasteiger partial charge >= 0.3 is 4.87 Å². The van der Waals surface area contributed by atoms with Crippen LogP contribution in [0.15, 0.2) is 62.8 Å². The van der Waals surface area contributed by atoms with Gasteiger partial charge < -0.3 is 9.64 Å². The van der Waals surface area contributed by atoms with Crippen molar-refractivity contribution in [2.75, 3.05) is 31.2 Å². The highest BCUT2D eigenvalue weighted by Gasteiger charge is 2.56. The lowest BCUT2D eigenvalue weighted by molar-refractivity contribution is -0.136. The Morgan fingerprint density at radius 2 is 1.79 bits per heavy atom. The first-order chi connectivity index (χ1) is 18.3. The van der Waals surface area contributed by atoms with Crippen molar-refractivity contribution in [1.82, 2.24) is 9.47 Å². The predicted octanol–water partition coefficient (Wildman–Crippen LogP) is 3.47. The number of ether oxygens (including phenoxy) is 1. The number of thiazole rings is 1. The molecule has 0 aliphatic carbocycles. The van der Waals surface area contributed by atoms with E-state index in [1.54, 1.807) is 4.90 Å². The monoisotopic (exact) mass is 617 g/mol. The minimum Gasteiger partial charge on any atom is -0.378 e. The van der Waals surface area contributed by atoms with Crippen molar-refractivity contribution in [2.45, 2.75) is 22.7 Å². The summed E-state index contributed by atoms with van der Waals surface area (Å²) in [6, 6.07) is 12.7. The van der Waals surface area contributed by atoms with Gasteiger partial charge in [0, 0.05) is 28.4 Å². The van der Waals surface area contributed by atoms with Crippen LogP contribution in [-0.2, 0) is 25.7 Å². The van der Waals surface area contributed by atoms with Gasteiger partial charge in [0.15, 0.2) is 0 Å². The fourth-order valence-corrected chi connectivity index (χ4v) is 8.40. The van der Waals surface area contributed by atoms with Crippen molar-refractivity contribution in [3.63, 3.8) is 0 Å². The number of hydrogen-bond donors (Lipinski definition) is 0. The average molecular weight is 619 g/mol. The third-order valence-electron chi connectivity index (χ3n) is 7.00. The molecule has 3 aromatic rings. The molecule has 38 heavy (non-hydrogen) atoms. The molecule has 0 unspecified atom stereocenters. The minimum atomic E-state index is -0.803. The number of imide groups is 1. The standard InChI is InChI=1S/C26H21BrFN3O5S2/c27-15-3-1-2-14(12-15)19-20-21(24(34)31(23(20)33)17-6-4-16(28)5-7-17)37-25-22(19)38-26(35)30(25)13-18(32)29-8-10-36-11-9-29/h1-7,12,19-21H,8-11,13H2/t19-,20-,21+/m0/s1. The number of nitrogens with zero attached hydrogens (tertiary/aromatic N) is 3. The van der Waals surface area contributed by atoms with Gasteiger partial charge in [-0.1, -0.05) is 51.2 Å². The SMILES string of the molecule is O=C(Cn1c2c(sc1=O)[C@@H](c1cccc(Br)c1)[C@@H]1C(=O)N(c3ccc(F)cc3)C(=O)[C@@H]1S2)N1CCOCC1. The largest absolute Gasteiger partial charge is 0.378 e. The maximum absolute atomic E-state index is 13.8. The highest BCUT2D eigenvalue weighted by molar-refractivity contribution is 9.10. The Kier molecular flexibility index (Phi) is 6.75. The number of thioether (sulfide) groups is 1. The Labute approximate surface area is 233 Å². The Balaban J connectivity index is 1.44. The van der Waals surface area contributed by atoms with Crippen molar-refractivity contribution in [3.8, 4) is 0 Å². The van der Waals surface area contributed by atoms with E-state index in [1.165, 1.54) is 28.8 Å². The van der Waals surface area contributed by atoms with Crippen LogP contribution in [0.4, 0.5) is 10.1 Å². The lowest BCUT2D eigenvalue weighted by atomic mass is 9.83. The summed E-state index contributed by atoms with van der Waals surface area (Å²) in [7, 11) is 0. The first-order valence-electron chi connectivity index (χ1n) is 12.0.